The zero-order valence-corrected chi connectivity index (χ0v) is 11.9. The summed E-state index contributed by atoms with van der Waals surface area (Å²) in [6.45, 7) is 1.29. The van der Waals surface area contributed by atoms with E-state index in [1.54, 1.807) is 0 Å². The lowest BCUT2D eigenvalue weighted by Gasteiger charge is -2.23. The highest BCUT2D eigenvalue weighted by Crippen LogP contribution is 2.54. The molecule has 7 heteroatoms. The summed E-state index contributed by atoms with van der Waals surface area (Å²) in [7, 11) is 1.37. The molecular formula is C14H19F2N3O2. The number of piperidine rings is 1. The number of alkyl halides is 2. The van der Waals surface area contributed by atoms with Crippen LogP contribution in [0.25, 0.3) is 0 Å². The smallest absolute Gasteiger partial charge is 0.305 e. The second-order valence-electron chi connectivity index (χ2n) is 6.12. The van der Waals surface area contributed by atoms with Crippen LogP contribution in [0, 0.1) is 23.2 Å². The van der Waals surface area contributed by atoms with Crippen LogP contribution in [0.1, 0.15) is 19.3 Å². The first-order chi connectivity index (χ1) is 9.85. The molecule has 0 amide bonds. The van der Waals surface area contributed by atoms with Crippen LogP contribution >= 0.6 is 0 Å². The van der Waals surface area contributed by atoms with Gasteiger partial charge < -0.3 is 15.4 Å². The van der Waals surface area contributed by atoms with Crippen molar-refractivity contribution in [3.63, 3.8) is 0 Å². The Bertz CT molecular complexity index is 520. The second kappa shape index (κ2) is 4.68. The minimum atomic E-state index is -2.97. The predicted octanol–water partition coefficient (Wildman–Crippen LogP) is 1.35. The van der Waals surface area contributed by atoms with Crippen molar-refractivity contribution >= 4 is 11.8 Å². The number of likely N-dealkylation sites (tertiary alicyclic amines) is 1. The van der Waals surface area contributed by atoms with Crippen LogP contribution in [0.4, 0.5) is 8.78 Å². The van der Waals surface area contributed by atoms with Crippen molar-refractivity contribution in [1.82, 2.24) is 4.90 Å². The largest absolute Gasteiger partial charge is 0.469 e. The van der Waals surface area contributed by atoms with Crippen LogP contribution in [0.15, 0.2) is 11.3 Å². The number of carbonyl (C=O) groups excluding carboxylic acids is 1. The van der Waals surface area contributed by atoms with Gasteiger partial charge in [0, 0.05) is 31.5 Å². The van der Waals surface area contributed by atoms with E-state index in [-0.39, 0.29) is 30.2 Å². The van der Waals surface area contributed by atoms with Gasteiger partial charge in [0.2, 0.25) is 0 Å². The maximum Gasteiger partial charge on any atom is 0.305 e. The van der Waals surface area contributed by atoms with Gasteiger partial charge in [-0.15, -0.1) is 0 Å². The van der Waals surface area contributed by atoms with Crippen molar-refractivity contribution in [1.29, 1.82) is 5.41 Å². The van der Waals surface area contributed by atoms with Crippen LogP contribution in [-0.2, 0) is 9.53 Å². The van der Waals surface area contributed by atoms with E-state index in [1.165, 1.54) is 7.11 Å². The molecule has 3 rings (SSSR count). The van der Waals surface area contributed by atoms with Crippen LogP contribution in [0.3, 0.4) is 0 Å². The molecule has 0 bridgehead atoms. The number of allylic oxidation sites excluding steroid dienone is 1. The molecule has 3 N–H and O–H groups in total. The predicted molar refractivity (Wildman–Crippen MR) is 71.8 cm³/mol. The van der Waals surface area contributed by atoms with E-state index >= 15 is 0 Å². The molecule has 5 nitrogen and oxygen atoms in total. The molecule has 3 atom stereocenters. The number of methoxy groups -OCH3 is 1. The fourth-order valence-electron chi connectivity index (χ4n) is 3.62. The highest BCUT2D eigenvalue weighted by molar-refractivity contribution is 5.97. The minimum absolute atomic E-state index is 0.133. The van der Waals surface area contributed by atoms with Gasteiger partial charge in [-0.25, -0.2) is 0 Å². The molecule has 2 fully saturated rings. The molecule has 1 saturated carbocycles. The molecule has 1 unspecified atom stereocenters. The Morgan fingerprint density at radius 1 is 1.48 bits per heavy atom. The van der Waals surface area contributed by atoms with Crippen molar-refractivity contribution in [2.45, 2.75) is 25.2 Å². The Balaban J connectivity index is 1.59. The van der Waals surface area contributed by atoms with Crippen molar-refractivity contribution in [2.75, 3.05) is 20.2 Å². The van der Waals surface area contributed by atoms with Gasteiger partial charge >= 0.3 is 5.97 Å². The lowest BCUT2D eigenvalue weighted by atomic mass is 10.1. The average molecular weight is 299 g/mol. The summed E-state index contributed by atoms with van der Waals surface area (Å²) < 4.78 is 31.5. The molecule has 0 radical (unpaired) electrons. The summed E-state index contributed by atoms with van der Waals surface area (Å²) in [5.74, 6) is -2.00. The van der Waals surface area contributed by atoms with Gasteiger partial charge in [0.1, 0.15) is 5.84 Å². The van der Waals surface area contributed by atoms with Gasteiger partial charge in [-0.1, -0.05) is 0 Å². The van der Waals surface area contributed by atoms with Gasteiger partial charge in [-0.2, -0.15) is 8.78 Å². The number of esters is 1. The molecule has 21 heavy (non-hydrogen) atoms. The third-order valence-corrected chi connectivity index (χ3v) is 5.01. The number of halogens is 2. The van der Waals surface area contributed by atoms with Crippen molar-refractivity contribution < 1.29 is 18.3 Å². The summed E-state index contributed by atoms with van der Waals surface area (Å²) in [5, 5.41) is 8.11. The lowest BCUT2D eigenvalue weighted by molar-refractivity contribution is -0.141. The summed E-state index contributed by atoms with van der Waals surface area (Å²) in [4.78, 5) is 13.1. The first-order valence-corrected chi connectivity index (χ1v) is 7.12. The third kappa shape index (κ3) is 2.28. The van der Waals surface area contributed by atoms with Crippen molar-refractivity contribution in [3.05, 3.63) is 11.3 Å². The molecule has 1 aliphatic heterocycles. The number of hydrogen-bond donors (Lipinski definition) is 2. The molecular weight excluding hydrogens is 280 g/mol. The van der Waals surface area contributed by atoms with Crippen LogP contribution in [-0.4, -0.2) is 42.8 Å². The molecule has 0 aromatic carbocycles. The SMILES string of the molecule is COC(=O)CC1[C@H]2CN(C(=N)C3=C(N)C(F)(F)CC3)C[C@@H]12. The molecule has 3 aliphatic rings. The number of nitrogens with one attached hydrogen (secondary N) is 1. The molecule has 1 heterocycles. The number of nitrogens with zero attached hydrogens (tertiary/aromatic N) is 1. The van der Waals surface area contributed by atoms with E-state index in [0.29, 0.717) is 37.3 Å². The van der Waals surface area contributed by atoms with Crippen molar-refractivity contribution in [2.24, 2.45) is 23.5 Å². The minimum Gasteiger partial charge on any atom is -0.469 e. The highest BCUT2D eigenvalue weighted by atomic mass is 19.3. The van der Waals surface area contributed by atoms with E-state index in [0.717, 1.165) is 0 Å². The Labute approximate surface area is 121 Å². The maximum absolute atomic E-state index is 13.4. The quantitative estimate of drug-likeness (QED) is 0.468. The van der Waals surface area contributed by atoms with Gasteiger partial charge in [0.15, 0.2) is 0 Å². The van der Waals surface area contributed by atoms with Gasteiger partial charge in [-0.3, -0.25) is 10.2 Å². The number of ether oxygens (including phenoxy) is 1. The number of nitrogens with two attached hydrogens (primary N) is 1. The topological polar surface area (TPSA) is 79.4 Å². The monoisotopic (exact) mass is 299 g/mol. The van der Waals surface area contributed by atoms with E-state index in [4.69, 9.17) is 11.1 Å². The first kappa shape index (κ1) is 14.3. The molecule has 0 aromatic heterocycles. The molecule has 2 aliphatic carbocycles. The van der Waals surface area contributed by atoms with Crippen LogP contribution in [0.2, 0.25) is 0 Å². The highest BCUT2D eigenvalue weighted by Gasteiger charge is 2.57. The van der Waals surface area contributed by atoms with Gasteiger partial charge in [0.05, 0.1) is 12.8 Å². The van der Waals surface area contributed by atoms with Crippen LogP contribution < -0.4 is 5.73 Å². The van der Waals surface area contributed by atoms with E-state index in [9.17, 15) is 13.6 Å². The van der Waals surface area contributed by atoms with E-state index in [2.05, 4.69) is 4.74 Å². The Morgan fingerprint density at radius 2 is 2.10 bits per heavy atom. The normalized spacial score (nSPS) is 33.1. The van der Waals surface area contributed by atoms with E-state index in [1.807, 2.05) is 4.90 Å². The summed E-state index contributed by atoms with van der Waals surface area (Å²) in [6, 6.07) is 0. The first-order valence-electron chi connectivity index (χ1n) is 7.12. The fraction of sp³-hybridized carbons (Fsp3) is 0.714. The zero-order valence-electron chi connectivity index (χ0n) is 11.9. The zero-order chi connectivity index (χ0) is 15.4. The maximum atomic E-state index is 13.4. The summed E-state index contributed by atoms with van der Waals surface area (Å²) in [5.41, 5.74) is 5.32. The number of fused-ring (bicyclic) bond motifs is 1. The fourth-order valence-corrected chi connectivity index (χ4v) is 3.62. The Morgan fingerprint density at radius 3 is 2.57 bits per heavy atom. The van der Waals surface area contributed by atoms with Gasteiger partial charge in [-0.05, 0) is 24.2 Å². The number of hydrogen-bond acceptors (Lipinski definition) is 4. The third-order valence-electron chi connectivity index (χ3n) is 5.01. The summed E-state index contributed by atoms with van der Waals surface area (Å²) >= 11 is 0. The second-order valence-corrected chi connectivity index (χ2v) is 6.12. The van der Waals surface area contributed by atoms with Gasteiger partial charge in [0.25, 0.3) is 5.92 Å². The van der Waals surface area contributed by atoms with E-state index < -0.39 is 11.6 Å². The molecule has 0 aromatic rings. The molecule has 116 valence electrons. The number of rotatable bonds is 3. The Hall–Kier alpha value is -1.66. The number of carbonyl (C=O) groups is 1. The summed E-state index contributed by atoms with van der Waals surface area (Å²) in [6.07, 6.45) is 0.271. The molecule has 0 spiro atoms. The van der Waals surface area contributed by atoms with Crippen molar-refractivity contribution in [3.8, 4) is 0 Å². The standard InChI is InChI=1S/C14H19F2N3O2/c1-21-11(20)4-8-9-5-19(6-10(8)9)13(18)7-2-3-14(15,16)12(7)17/h8-10,18H,2-6,17H2,1H3/t8?,9-,10+. The number of amidine groups is 1. The van der Waals surface area contributed by atoms with Crippen LogP contribution in [0.5, 0.6) is 0 Å². The lowest BCUT2D eigenvalue weighted by Crippen LogP contribution is -2.33. The molecule has 1 saturated heterocycles. The Kier molecular flexibility index (Phi) is 3.18. The average Bonchev–Trinajstić information content (AvgIpc) is 2.80.